The summed E-state index contributed by atoms with van der Waals surface area (Å²) in [6.45, 7) is 4.40. The van der Waals surface area contributed by atoms with Crippen LogP contribution in [0.25, 0.3) is 11.0 Å². The molecule has 6 nitrogen and oxygen atoms in total. The van der Waals surface area contributed by atoms with Gasteiger partial charge in [-0.3, -0.25) is 14.0 Å². The highest BCUT2D eigenvalue weighted by molar-refractivity contribution is 5.75. The van der Waals surface area contributed by atoms with Crippen LogP contribution in [0.5, 0.6) is 5.75 Å². The van der Waals surface area contributed by atoms with Gasteiger partial charge in [0.2, 0.25) is 0 Å². The molecule has 0 N–H and O–H groups in total. The molecule has 1 saturated heterocycles. The first-order valence-corrected chi connectivity index (χ1v) is 8.93. The molecule has 136 valence electrons. The van der Waals surface area contributed by atoms with Crippen molar-refractivity contribution in [1.82, 2.24) is 14.0 Å². The minimum atomic E-state index is 0.0452. The Labute approximate surface area is 152 Å². The van der Waals surface area contributed by atoms with Crippen molar-refractivity contribution in [2.75, 3.05) is 38.2 Å². The first kappa shape index (κ1) is 16.7. The summed E-state index contributed by atoms with van der Waals surface area (Å²) in [7, 11) is 3.52. The first-order chi connectivity index (χ1) is 12.7. The van der Waals surface area contributed by atoms with Gasteiger partial charge in [-0.25, -0.2) is 4.79 Å². The summed E-state index contributed by atoms with van der Waals surface area (Å²) < 4.78 is 8.83. The van der Waals surface area contributed by atoms with Gasteiger partial charge < -0.3 is 9.64 Å². The minimum Gasteiger partial charge on any atom is -0.497 e. The van der Waals surface area contributed by atoms with Gasteiger partial charge in [0.25, 0.3) is 0 Å². The van der Waals surface area contributed by atoms with E-state index in [9.17, 15) is 4.79 Å². The van der Waals surface area contributed by atoms with Crippen molar-refractivity contribution in [2.45, 2.75) is 6.67 Å². The minimum absolute atomic E-state index is 0.0452. The molecule has 26 heavy (non-hydrogen) atoms. The summed E-state index contributed by atoms with van der Waals surface area (Å²) in [4.78, 5) is 17.3. The predicted octanol–water partition coefficient (Wildman–Crippen LogP) is 2.13. The predicted molar refractivity (Wildman–Crippen MR) is 104 cm³/mol. The number of aromatic nitrogens is 2. The van der Waals surface area contributed by atoms with Crippen LogP contribution in [0.1, 0.15) is 0 Å². The van der Waals surface area contributed by atoms with E-state index in [2.05, 4.69) is 21.9 Å². The molecule has 0 atom stereocenters. The zero-order valence-corrected chi connectivity index (χ0v) is 15.3. The lowest BCUT2D eigenvalue weighted by Gasteiger charge is -2.36. The van der Waals surface area contributed by atoms with E-state index in [0.29, 0.717) is 6.67 Å². The van der Waals surface area contributed by atoms with Crippen LogP contribution in [0.2, 0.25) is 0 Å². The zero-order valence-electron chi connectivity index (χ0n) is 15.3. The number of ether oxygens (including phenoxy) is 1. The van der Waals surface area contributed by atoms with Gasteiger partial charge in [0.05, 0.1) is 24.8 Å². The number of benzene rings is 2. The van der Waals surface area contributed by atoms with Gasteiger partial charge >= 0.3 is 5.69 Å². The molecule has 0 amide bonds. The monoisotopic (exact) mass is 352 g/mol. The number of fused-ring (bicyclic) bond motifs is 1. The molecule has 1 fully saturated rings. The first-order valence-electron chi connectivity index (χ1n) is 8.93. The summed E-state index contributed by atoms with van der Waals surface area (Å²) in [5.74, 6) is 0.878. The van der Waals surface area contributed by atoms with E-state index in [1.54, 1.807) is 11.7 Å². The Morgan fingerprint density at radius 3 is 2.23 bits per heavy atom. The summed E-state index contributed by atoms with van der Waals surface area (Å²) in [6, 6.07) is 16.2. The number of hydrogen-bond donors (Lipinski definition) is 0. The average molecular weight is 352 g/mol. The Morgan fingerprint density at radius 2 is 1.58 bits per heavy atom. The summed E-state index contributed by atoms with van der Waals surface area (Å²) in [5.41, 5.74) is 3.24. The topological polar surface area (TPSA) is 42.6 Å². The molecule has 3 aromatic rings. The second-order valence-electron chi connectivity index (χ2n) is 6.70. The molecule has 6 heteroatoms. The van der Waals surface area contributed by atoms with E-state index < -0.39 is 0 Å². The van der Waals surface area contributed by atoms with Gasteiger partial charge in [-0.05, 0) is 36.4 Å². The third kappa shape index (κ3) is 2.97. The van der Waals surface area contributed by atoms with Crippen molar-refractivity contribution in [3.8, 4) is 5.75 Å². The van der Waals surface area contributed by atoms with Crippen LogP contribution in [0.4, 0.5) is 5.69 Å². The molecule has 2 aromatic carbocycles. The van der Waals surface area contributed by atoms with Gasteiger partial charge in [-0.2, -0.15) is 0 Å². The van der Waals surface area contributed by atoms with Crippen LogP contribution in [0.15, 0.2) is 53.3 Å². The molecule has 0 unspecified atom stereocenters. The molecule has 0 bridgehead atoms. The summed E-state index contributed by atoms with van der Waals surface area (Å²) >= 11 is 0. The Morgan fingerprint density at radius 1 is 0.923 bits per heavy atom. The van der Waals surface area contributed by atoms with Gasteiger partial charge in [0, 0.05) is 38.9 Å². The van der Waals surface area contributed by atoms with E-state index in [1.165, 1.54) is 5.69 Å². The fraction of sp³-hybridized carbons (Fsp3) is 0.350. The number of methoxy groups -OCH3 is 1. The number of piperazine rings is 1. The number of anilines is 1. The largest absolute Gasteiger partial charge is 0.497 e. The van der Waals surface area contributed by atoms with E-state index >= 15 is 0 Å². The zero-order chi connectivity index (χ0) is 18.1. The number of nitrogens with zero attached hydrogens (tertiary/aromatic N) is 4. The lowest BCUT2D eigenvalue weighted by Crippen LogP contribution is -2.47. The van der Waals surface area contributed by atoms with Gasteiger partial charge in [0.15, 0.2) is 0 Å². The van der Waals surface area contributed by atoms with Crippen molar-refractivity contribution >= 4 is 16.7 Å². The number of hydrogen-bond acceptors (Lipinski definition) is 4. The number of imidazole rings is 1. The second-order valence-corrected chi connectivity index (χ2v) is 6.70. The van der Waals surface area contributed by atoms with Gasteiger partial charge in [-0.15, -0.1) is 0 Å². The van der Waals surface area contributed by atoms with E-state index in [1.807, 2.05) is 48.0 Å². The van der Waals surface area contributed by atoms with Crippen LogP contribution >= 0.6 is 0 Å². The van der Waals surface area contributed by atoms with E-state index in [4.69, 9.17) is 4.74 Å². The molecule has 1 aliphatic rings. The van der Waals surface area contributed by atoms with Gasteiger partial charge in [0.1, 0.15) is 5.75 Å². The fourth-order valence-corrected chi connectivity index (χ4v) is 3.64. The van der Waals surface area contributed by atoms with Crippen LogP contribution in [-0.4, -0.2) is 47.3 Å². The van der Waals surface area contributed by atoms with Crippen LogP contribution in [-0.2, 0) is 13.7 Å². The Bertz CT molecular complexity index is 950. The van der Waals surface area contributed by atoms with Gasteiger partial charge in [-0.1, -0.05) is 12.1 Å². The molecule has 0 spiro atoms. The average Bonchev–Trinajstić information content (AvgIpc) is 2.94. The molecule has 2 heterocycles. The van der Waals surface area contributed by atoms with Crippen molar-refractivity contribution in [3.05, 3.63) is 59.0 Å². The molecule has 0 aliphatic carbocycles. The number of para-hydroxylation sites is 2. The third-order valence-corrected chi connectivity index (χ3v) is 5.20. The van der Waals surface area contributed by atoms with E-state index in [0.717, 1.165) is 43.0 Å². The Hall–Kier alpha value is -2.73. The van der Waals surface area contributed by atoms with Crippen molar-refractivity contribution < 1.29 is 4.74 Å². The second kappa shape index (κ2) is 6.88. The Kier molecular flexibility index (Phi) is 4.42. The fourth-order valence-electron chi connectivity index (χ4n) is 3.64. The SMILES string of the molecule is COc1ccc(N2CCN(Cn3c(=O)n(C)c4ccccc43)CC2)cc1. The molecular weight excluding hydrogens is 328 g/mol. The van der Waals surface area contributed by atoms with Crippen molar-refractivity contribution in [2.24, 2.45) is 7.05 Å². The standard InChI is InChI=1S/C20H24N4O2/c1-21-18-5-3-4-6-19(18)24(20(21)25)15-22-11-13-23(14-12-22)16-7-9-17(26-2)10-8-16/h3-10H,11-15H2,1-2H3. The quantitative estimate of drug-likeness (QED) is 0.721. The van der Waals surface area contributed by atoms with Crippen LogP contribution in [0.3, 0.4) is 0 Å². The third-order valence-electron chi connectivity index (χ3n) is 5.20. The Balaban J connectivity index is 1.46. The number of aryl methyl sites for hydroxylation is 1. The lowest BCUT2D eigenvalue weighted by atomic mass is 10.2. The highest BCUT2D eigenvalue weighted by Gasteiger charge is 2.19. The molecule has 0 saturated carbocycles. The molecule has 4 rings (SSSR count). The molecule has 1 aromatic heterocycles. The van der Waals surface area contributed by atoms with Crippen molar-refractivity contribution in [3.63, 3.8) is 0 Å². The summed E-state index contributed by atoms with van der Waals surface area (Å²) in [6.07, 6.45) is 0. The van der Waals surface area contributed by atoms with Crippen LogP contribution in [0, 0.1) is 0 Å². The highest BCUT2D eigenvalue weighted by Crippen LogP contribution is 2.21. The normalized spacial score (nSPS) is 15.5. The molecular formula is C20H24N4O2. The molecule has 1 aliphatic heterocycles. The van der Waals surface area contributed by atoms with E-state index in [-0.39, 0.29) is 5.69 Å². The highest BCUT2D eigenvalue weighted by atomic mass is 16.5. The maximum atomic E-state index is 12.6. The smallest absolute Gasteiger partial charge is 0.329 e. The molecule has 0 radical (unpaired) electrons. The maximum absolute atomic E-state index is 12.6. The van der Waals surface area contributed by atoms with Crippen LogP contribution < -0.4 is 15.3 Å². The maximum Gasteiger partial charge on any atom is 0.329 e. The summed E-state index contributed by atoms with van der Waals surface area (Å²) in [5, 5.41) is 0. The lowest BCUT2D eigenvalue weighted by molar-refractivity contribution is 0.206. The van der Waals surface area contributed by atoms with Crippen molar-refractivity contribution in [1.29, 1.82) is 0 Å². The number of rotatable bonds is 4.